The second kappa shape index (κ2) is 4.15. The number of aliphatic hydroxyl groups excluding tert-OH is 1. The second-order valence-electron chi connectivity index (χ2n) is 4.30. The first-order valence-electron chi connectivity index (χ1n) is 5.13. The Labute approximate surface area is 87.3 Å². The number of rotatable bonds is 2. The molecule has 3 nitrogen and oxygen atoms in total. The highest BCUT2D eigenvalue weighted by Crippen LogP contribution is 2.36. The molecule has 2 aliphatic heterocycles. The highest BCUT2D eigenvalue weighted by Gasteiger charge is 2.46. The quantitative estimate of drug-likeness (QED) is 0.747. The summed E-state index contributed by atoms with van der Waals surface area (Å²) in [6.07, 6.45) is -0.0785. The van der Waals surface area contributed by atoms with Gasteiger partial charge in [-0.3, -0.25) is 4.90 Å². The van der Waals surface area contributed by atoms with Crippen molar-refractivity contribution < 1.29 is 18.6 Å². The lowest BCUT2D eigenvalue weighted by molar-refractivity contribution is -0.0699. The number of aliphatic hydroxyl groups is 1. The predicted octanol–water partition coefficient (Wildman–Crippen LogP) is 0.850. The van der Waals surface area contributed by atoms with Crippen molar-refractivity contribution in [2.45, 2.75) is 12.0 Å². The van der Waals surface area contributed by atoms with Crippen molar-refractivity contribution >= 4 is 0 Å². The summed E-state index contributed by atoms with van der Waals surface area (Å²) in [4.78, 5) is 2.07. The van der Waals surface area contributed by atoms with Crippen molar-refractivity contribution in [3.63, 3.8) is 0 Å². The molecular formula is C10H15F2NO2. The van der Waals surface area contributed by atoms with Crippen molar-refractivity contribution in [3.8, 4) is 0 Å². The Bertz CT molecular complexity index is 268. The topological polar surface area (TPSA) is 32.7 Å². The number of fused-ring (bicyclic) bond motifs is 1. The standard InChI is InChI=1S/C10H15F2NO2/c11-9(12)3-8-4-10(6-14)7-15-2-1-13(10)5-8/h3,8,14H,1-2,4-7H2. The summed E-state index contributed by atoms with van der Waals surface area (Å²) >= 11 is 0. The van der Waals surface area contributed by atoms with Crippen LogP contribution in [-0.4, -0.2) is 48.5 Å². The van der Waals surface area contributed by atoms with Gasteiger partial charge >= 0.3 is 0 Å². The molecule has 2 fully saturated rings. The Morgan fingerprint density at radius 1 is 1.60 bits per heavy atom. The third kappa shape index (κ3) is 2.04. The molecule has 0 bridgehead atoms. The van der Waals surface area contributed by atoms with Gasteiger partial charge in [0.05, 0.1) is 25.4 Å². The molecule has 2 heterocycles. The van der Waals surface area contributed by atoms with Crippen LogP contribution in [0.25, 0.3) is 0 Å². The first-order valence-corrected chi connectivity index (χ1v) is 5.13. The maximum atomic E-state index is 12.1. The van der Waals surface area contributed by atoms with Gasteiger partial charge in [-0.15, -0.1) is 0 Å². The number of hydrogen-bond donors (Lipinski definition) is 1. The summed E-state index contributed by atoms with van der Waals surface area (Å²) in [5.74, 6) is -0.163. The summed E-state index contributed by atoms with van der Waals surface area (Å²) in [6, 6.07) is 0. The highest BCUT2D eigenvalue weighted by molar-refractivity contribution is 5.06. The van der Waals surface area contributed by atoms with Gasteiger partial charge in [-0.05, 0) is 18.4 Å². The van der Waals surface area contributed by atoms with E-state index in [0.29, 0.717) is 26.2 Å². The lowest BCUT2D eigenvalue weighted by atomic mass is 9.93. The Kier molecular flexibility index (Phi) is 3.04. The third-order valence-electron chi connectivity index (χ3n) is 3.30. The summed E-state index contributed by atoms with van der Waals surface area (Å²) in [7, 11) is 0. The molecule has 0 amide bonds. The minimum absolute atomic E-state index is 0.0226. The number of morpholine rings is 1. The van der Waals surface area contributed by atoms with E-state index >= 15 is 0 Å². The fourth-order valence-corrected chi connectivity index (χ4v) is 2.57. The number of nitrogens with zero attached hydrogens (tertiary/aromatic N) is 1. The van der Waals surface area contributed by atoms with Crippen LogP contribution in [0.3, 0.4) is 0 Å². The van der Waals surface area contributed by atoms with Gasteiger partial charge in [-0.1, -0.05) is 0 Å². The molecule has 2 aliphatic rings. The highest BCUT2D eigenvalue weighted by atomic mass is 19.3. The van der Waals surface area contributed by atoms with Gasteiger partial charge in [0.25, 0.3) is 6.08 Å². The van der Waals surface area contributed by atoms with Crippen LogP contribution in [0.15, 0.2) is 12.2 Å². The summed E-state index contributed by atoms with van der Waals surface area (Å²) in [5, 5.41) is 9.37. The van der Waals surface area contributed by atoms with E-state index in [9.17, 15) is 13.9 Å². The maximum Gasteiger partial charge on any atom is 0.266 e. The van der Waals surface area contributed by atoms with Gasteiger partial charge in [0.1, 0.15) is 0 Å². The zero-order valence-electron chi connectivity index (χ0n) is 8.46. The maximum absolute atomic E-state index is 12.1. The van der Waals surface area contributed by atoms with Crippen molar-refractivity contribution in [1.29, 1.82) is 0 Å². The zero-order chi connectivity index (χ0) is 10.9. The summed E-state index contributed by atoms with van der Waals surface area (Å²) in [5.41, 5.74) is -0.422. The van der Waals surface area contributed by atoms with Gasteiger partial charge in [-0.2, -0.15) is 8.78 Å². The van der Waals surface area contributed by atoms with Crippen LogP contribution in [0.2, 0.25) is 0 Å². The largest absolute Gasteiger partial charge is 0.394 e. The Morgan fingerprint density at radius 2 is 2.40 bits per heavy atom. The van der Waals surface area contributed by atoms with Gasteiger partial charge in [0, 0.05) is 13.1 Å². The van der Waals surface area contributed by atoms with Crippen LogP contribution < -0.4 is 0 Å². The fourth-order valence-electron chi connectivity index (χ4n) is 2.57. The molecule has 2 atom stereocenters. The molecule has 0 spiro atoms. The first kappa shape index (κ1) is 11.0. The SMILES string of the molecule is OCC12COCCN1CC(C=C(F)F)C2. The Morgan fingerprint density at radius 3 is 3.00 bits per heavy atom. The van der Waals surface area contributed by atoms with Crippen LogP contribution in [0.5, 0.6) is 0 Å². The van der Waals surface area contributed by atoms with Crippen LogP contribution in [0.4, 0.5) is 8.78 Å². The number of halogens is 2. The minimum Gasteiger partial charge on any atom is -0.394 e. The van der Waals surface area contributed by atoms with Crippen LogP contribution in [0, 0.1) is 5.92 Å². The van der Waals surface area contributed by atoms with Crippen molar-refractivity contribution in [2.24, 2.45) is 5.92 Å². The van der Waals surface area contributed by atoms with Crippen molar-refractivity contribution in [2.75, 3.05) is 32.9 Å². The van der Waals surface area contributed by atoms with E-state index in [-0.39, 0.29) is 12.5 Å². The molecule has 2 rings (SSSR count). The molecule has 0 radical (unpaired) electrons. The van der Waals surface area contributed by atoms with E-state index in [1.54, 1.807) is 0 Å². The van der Waals surface area contributed by atoms with E-state index in [0.717, 1.165) is 12.6 Å². The van der Waals surface area contributed by atoms with Gasteiger partial charge < -0.3 is 9.84 Å². The molecule has 5 heteroatoms. The summed E-state index contributed by atoms with van der Waals surface area (Å²) < 4.78 is 29.6. The molecule has 0 saturated carbocycles. The lowest BCUT2D eigenvalue weighted by Gasteiger charge is -2.40. The third-order valence-corrected chi connectivity index (χ3v) is 3.30. The smallest absolute Gasteiger partial charge is 0.266 e. The van der Waals surface area contributed by atoms with Gasteiger partial charge in [0.15, 0.2) is 0 Å². The zero-order valence-corrected chi connectivity index (χ0v) is 8.46. The van der Waals surface area contributed by atoms with E-state index in [1.165, 1.54) is 0 Å². The van der Waals surface area contributed by atoms with E-state index in [2.05, 4.69) is 4.90 Å². The molecule has 2 saturated heterocycles. The van der Waals surface area contributed by atoms with Crippen molar-refractivity contribution in [1.82, 2.24) is 4.90 Å². The monoisotopic (exact) mass is 219 g/mol. The molecule has 0 aromatic rings. The Balaban J connectivity index is 2.11. The molecule has 15 heavy (non-hydrogen) atoms. The van der Waals surface area contributed by atoms with Gasteiger partial charge in [0.2, 0.25) is 0 Å². The number of hydrogen-bond acceptors (Lipinski definition) is 3. The summed E-state index contributed by atoms with van der Waals surface area (Å²) in [6.45, 7) is 2.36. The normalized spacial score (nSPS) is 36.3. The molecule has 0 aliphatic carbocycles. The second-order valence-corrected chi connectivity index (χ2v) is 4.30. The first-order chi connectivity index (χ1) is 7.16. The van der Waals surface area contributed by atoms with Crippen LogP contribution in [-0.2, 0) is 4.74 Å². The molecule has 0 aromatic carbocycles. The molecule has 0 aromatic heterocycles. The van der Waals surface area contributed by atoms with Gasteiger partial charge in [-0.25, -0.2) is 0 Å². The average Bonchev–Trinajstić information content (AvgIpc) is 2.55. The minimum atomic E-state index is -1.63. The van der Waals surface area contributed by atoms with E-state index < -0.39 is 11.6 Å². The molecule has 1 N–H and O–H groups in total. The average molecular weight is 219 g/mol. The molecule has 2 unspecified atom stereocenters. The number of ether oxygens (including phenoxy) is 1. The Hall–Kier alpha value is -0.520. The molecule has 86 valence electrons. The van der Waals surface area contributed by atoms with Crippen LogP contribution in [0.1, 0.15) is 6.42 Å². The predicted molar refractivity (Wildman–Crippen MR) is 50.6 cm³/mol. The van der Waals surface area contributed by atoms with E-state index in [1.807, 2.05) is 0 Å². The van der Waals surface area contributed by atoms with E-state index in [4.69, 9.17) is 4.74 Å². The van der Waals surface area contributed by atoms with Crippen molar-refractivity contribution in [3.05, 3.63) is 12.2 Å². The van der Waals surface area contributed by atoms with Crippen LogP contribution >= 0.6 is 0 Å². The molecular weight excluding hydrogens is 204 g/mol. The lowest BCUT2D eigenvalue weighted by Crippen LogP contribution is -2.55. The fraction of sp³-hybridized carbons (Fsp3) is 0.800.